The third-order valence-corrected chi connectivity index (χ3v) is 5.43. The Morgan fingerprint density at radius 1 is 1.00 bits per heavy atom. The Kier molecular flexibility index (Phi) is 6.57. The normalized spacial score (nSPS) is 10.4. The summed E-state index contributed by atoms with van der Waals surface area (Å²) in [4.78, 5) is 29.8. The number of hydrogen-bond donors (Lipinski definition) is 1. The van der Waals surface area contributed by atoms with Crippen molar-refractivity contribution in [2.45, 2.75) is 6.92 Å². The van der Waals surface area contributed by atoms with Crippen LogP contribution in [0.4, 0.5) is 5.00 Å². The number of benzene rings is 2. The van der Waals surface area contributed by atoms with Crippen LogP contribution in [0.25, 0.3) is 11.1 Å². The van der Waals surface area contributed by atoms with Crippen LogP contribution < -0.4 is 10.1 Å². The SMILES string of the molecule is CCOC(=O)c1c(-c2ccccc2)csc1NC(=O)c1cccc(Oc2ccccn2)c1. The highest BCUT2D eigenvalue weighted by atomic mass is 32.1. The summed E-state index contributed by atoms with van der Waals surface area (Å²) in [7, 11) is 0. The Morgan fingerprint density at radius 3 is 2.56 bits per heavy atom. The Labute approximate surface area is 189 Å². The molecule has 0 bridgehead atoms. The molecule has 0 aliphatic rings. The topological polar surface area (TPSA) is 77.5 Å². The first-order chi connectivity index (χ1) is 15.7. The van der Waals surface area contributed by atoms with Crippen molar-refractivity contribution >= 4 is 28.2 Å². The van der Waals surface area contributed by atoms with Crippen LogP contribution >= 0.6 is 11.3 Å². The Hall–Kier alpha value is -3.97. The molecule has 2 aromatic heterocycles. The van der Waals surface area contributed by atoms with Crippen molar-refractivity contribution in [3.05, 3.63) is 95.5 Å². The highest BCUT2D eigenvalue weighted by Gasteiger charge is 2.23. The zero-order valence-corrected chi connectivity index (χ0v) is 18.1. The second-order valence-corrected chi connectivity index (χ2v) is 7.57. The van der Waals surface area contributed by atoms with Gasteiger partial charge in [0.15, 0.2) is 0 Å². The lowest BCUT2D eigenvalue weighted by Gasteiger charge is -2.10. The first kappa shape index (κ1) is 21.3. The summed E-state index contributed by atoms with van der Waals surface area (Å²) in [6, 6.07) is 21.6. The number of carbonyl (C=O) groups is 2. The van der Waals surface area contributed by atoms with Crippen molar-refractivity contribution in [3.63, 3.8) is 0 Å². The molecule has 0 saturated carbocycles. The second kappa shape index (κ2) is 9.89. The van der Waals surface area contributed by atoms with Gasteiger partial charge in [-0.1, -0.05) is 42.5 Å². The van der Waals surface area contributed by atoms with Crippen molar-refractivity contribution in [2.24, 2.45) is 0 Å². The van der Waals surface area contributed by atoms with Gasteiger partial charge in [-0.2, -0.15) is 0 Å². The molecule has 160 valence electrons. The van der Waals surface area contributed by atoms with Gasteiger partial charge in [-0.15, -0.1) is 11.3 Å². The molecule has 0 radical (unpaired) electrons. The molecule has 2 heterocycles. The van der Waals surface area contributed by atoms with Crippen LogP contribution in [-0.4, -0.2) is 23.5 Å². The molecule has 1 amide bonds. The number of rotatable bonds is 7. The average molecular weight is 445 g/mol. The summed E-state index contributed by atoms with van der Waals surface area (Å²) < 4.78 is 11.0. The van der Waals surface area contributed by atoms with Gasteiger partial charge in [-0.25, -0.2) is 9.78 Å². The van der Waals surface area contributed by atoms with E-state index in [9.17, 15) is 9.59 Å². The van der Waals surface area contributed by atoms with E-state index in [2.05, 4.69) is 10.3 Å². The lowest BCUT2D eigenvalue weighted by atomic mass is 10.0. The van der Waals surface area contributed by atoms with E-state index in [0.29, 0.717) is 27.8 Å². The number of nitrogens with one attached hydrogen (secondary N) is 1. The quantitative estimate of drug-likeness (QED) is 0.352. The van der Waals surface area contributed by atoms with E-state index in [-0.39, 0.29) is 12.5 Å². The van der Waals surface area contributed by atoms with Crippen molar-refractivity contribution in [2.75, 3.05) is 11.9 Å². The van der Waals surface area contributed by atoms with Crippen LogP contribution in [0.5, 0.6) is 11.6 Å². The van der Waals surface area contributed by atoms with Crippen LogP contribution in [-0.2, 0) is 4.74 Å². The van der Waals surface area contributed by atoms with Crippen LogP contribution in [0.1, 0.15) is 27.6 Å². The van der Waals surface area contributed by atoms with Crippen LogP contribution in [0.3, 0.4) is 0 Å². The summed E-state index contributed by atoms with van der Waals surface area (Å²) in [5.74, 6) is 0.0807. The first-order valence-electron chi connectivity index (χ1n) is 10.00. The van der Waals surface area contributed by atoms with Gasteiger partial charge in [-0.05, 0) is 36.8 Å². The zero-order valence-electron chi connectivity index (χ0n) is 17.3. The monoisotopic (exact) mass is 444 g/mol. The average Bonchev–Trinajstić information content (AvgIpc) is 3.24. The summed E-state index contributed by atoms with van der Waals surface area (Å²) in [6.07, 6.45) is 1.63. The van der Waals surface area contributed by atoms with E-state index in [4.69, 9.17) is 9.47 Å². The molecule has 1 N–H and O–H groups in total. The molecule has 4 rings (SSSR count). The minimum absolute atomic E-state index is 0.239. The van der Waals surface area contributed by atoms with Gasteiger partial charge >= 0.3 is 5.97 Å². The second-order valence-electron chi connectivity index (χ2n) is 6.69. The molecule has 0 fully saturated rings. The van der Waals surface area contributed by atoms with Gasteiger partial charge in [0, 0.05) is 28.8 Å². The molecule has 2 aromatic carbocycles. The van der Waals surface area contributed by atoms with Crippen LogP contribution in [0, 0.1) is 0 Å². The van der Waals surface area contributed by atoms with Gasteiger partial charge in [0.1, 0.15) is 16.3 Å². The van der Waals surface area contributed by atoms with Gasteiger partial charge < -0.3 is 14.8 Å². The smallest absolute Gasteiger partial charge is 0.341 e. The summed E-state index contributed by atoms with van der Waals surface area (Å²) in [5.41, 5.74) is 2.33. The minimum atomic E-state index is -0.477. The zero-order chi connectivity index (χ0) is 22.3. The van der Waals surface area contributed by atoms with Crippen molar-refractivity contribution < 1.29 is 19.1 Å². The maximum atomic E-state index is 13.0. The summed E-state index contributed by atoms with van der Waals surface area (Å²) >= 11 is 1.28. The van der Waals surface area contributed by atoms with Gasteiger partial charge in [-0.3, -0.25) is 4.79 Å². The van der Waals surface area contributed by atoms with Crippen LogP contribution in [0.2, 0.25) is 0 Å². The fourth-order valence-corrected chi connectivity index (χ4v) is 4.04. The van der Waals surface area contributed by atoms with E-state index >= 15 is 0 Å². The Bertz CT molecular complexity index is 1220. The maximum Gasteiger partial charge on any atom is 0.341 e. The number of nitrogens with zero attached hydrogens (tertiary/aromatic N) is 1. The summed E-state index contributed by atoms with van der Waals surface area (Å²) in [6.45, 7) is 1.99. The fraction of sp³-hybridized carbons (Fsp3) is 0.0800. The predicted octanol–water partition coefficient (Wildman–Crippen LogP) is 6.03. The number of carbonyl (C=O) groups excluding carboxylic acids is 2. The molecule has 0 unspecified atom stereocenters. The lowest BCUT2D eigenvalue weighted by molar-refractivity contribution is 0.0529. The molecular weight excluding hydrogens is 424 g/mol. The van der Waals surface area contributed by atoms with Crippen molar-refractivity contribution in [3.8, 4) is 22.8 Å². The highest BCUT2D eigenvalue weighted by molar-refractivity contribution is 7.15. The van der Waals surface area contributed by atoms with Gasteiger partial charge in [0.25, 0.3) is 5.91 Å². The molecule has 0 atom stereocenters. The standard InChI is InChI=1S/C25H20N2O4S/c1-2-30-25(29)22-20(17-9-4-3-5-10-17)16-32-24(22)27-23(28)18-11-8-12-19(15-18)31-21-13-6-7-14-26-21/h3-16H,2H2,1H3,(H,27,28). The Balaban J connectivity index is 1.60. The van der Waals surface area contributed by atoms with Gasteiger partial charge in [0.05, 0.1) is 6.61 Å². The molecule has 7 heteroatoms. The number of anilines is 1. The molecular formula is C25H20N2O4S. The third kappa shape index (κ3) is 4.84. The van der Waals surface area contributed by atoms with Gasteiger partial charge in [0.2, 0.25) is 5.88 Å². The molecule has 6 nitrogen and oxygen atoms in total. The molecule has 0 saturated heterocycles. The Morgan fingerprint density at radius 2 is 1.81 bits per heavy atom. The van der Waals surface area contributed by atoms with E-state index in [1.807, 2.05) is 41.8 Å². The van der Waals surface area contributed by atoms with E-state index < -0.39 is 5.97 Å². The predicted molar refractivity (Wildman–Crippen MR) is 124 cm³/mol. The number of amides is 1. The molecule has 4 aromatic rings. The van der Waals surface area contributed by atoms with E-state index in [0.717, 1.165) is 11.1 Å². The van der Waals surface area contributed by atoms with E-state index in [1.54, 1.807) is 49.5 Å². The largest absolute Gasteiger partial charge is 0.462 e. The van der Waals surface area contributed by atoms with Crippen LogP contribution in [0.15, 0.2) is 84.4 Å². The number of pyridine rings is 1. The maximum absolute atomic E-state index is 13.0. The van der Waals surface area contributed by atoms with E-state index in [1.165, 1.54) is 11.3 Å². The molecule has 0 aliphatic heterocycles. The highest BCUT2D eigenvalue weighted by Crippen LogP contribution is 2.36. The number of hydrogen-bond acceptors (Lipinski definition) is 6. The molecule has 0 aliphatic carbocycles. The third-order valence-electron chi connectivity index (χ3n) is 4.54. The van der Waals surface area contributed by atoms with Crippen molar-refractivity contribution in [1.82, 2.24) is 4.98 Å². The molecule has 32 heavy (non-hydrogen) atoms. The molecule has 0 spiro atoms. The number of esters is 1. The van der Waals surface area contributed by atoms with Crippen molar-refractivity contribution in [1.29, 1.82) is 0 Å². The number of aromatic nitrogens is 1. The minimum Gasteiger partial charge on any atom is -0.462 e. The number of ether oxygens (including phenoxy) is 2. The fourth-order valence-electron chi connectivity index (χ4n) is 3.09. The lowest BCUT2D eigenvalue weighted by Crippen LogP contribution is -2.14. The first-order valence-corrected chi connectivity index (χ1v) is 10.9. The number of thiophene rings is 1. The summed E-state index contributed by atoms with van der Waals surface area (Å²) in [5, 5.41) is 5.13.